The minimum atomic E-state index is 0.716. The zero-order valence-electron chi connectivity index (χ0n) is 14.7. The largest absolute Gasteiger partial charge is 0.0651 e. The molecule has 0 aliphatic heterocycles. The molecule has 4 rings (SSSR count). The second kappa shape index (κ2) is 5.00. The van der Waals surface area contributed by atoms with E-state index in [1.807, 2.05) is 0 Å². The van der Waals surface area contributed by atoms with Crippen LogP contribution in [0.15, 0.2) is 0 Å². The van der Waals surface area contributed by atoms with Crippen LogP contribution in [0.2, 0.25) is 0 Å². The Balaban J connectivity index is 1.62. The number of rotatable bonds is 1. The lowest BCUT2D eigenvalue weighted by molar-refractivity contribution is -0.110. The van der Waals surface area contributed by atoms with Crippen LogP contribution < -0.4 is 0 Å². The van der Waals surface area contributed by atoms with Gasteiger partial charge in [-0.3, -0.25) is 0 Å². The molecule has 0 heteroatoms. The molecule has 0 N–H and O–H groups in total. The molecule has 120 valence electrons. The number of hydrogen-bond acceptors (Lipinski definition) is 0. The standard InChI is InChI=1S/C21H36/c1-4-15-9-11-18-17-10-8-16-7-5-6-13-20(16,2)19(17)12-14-21(15,18)3/h15-19H,4-14H2,1-3H3/t15?,16-,17?,18?,19?,20?,21?/m0/s1. The summed E-state index contributed by atoms with van der Waals surface area (Å²) in [7, 11) is 0. The summed E-state index contributed by atoms with van der Waals surface area (Å²) in [6.07, 6.45) is 17.0. The molecule has 4 aliphatic rings. The van der Waals surface area contributed by atoms with Gasteiger partial charge in [0, 0.05) is 0 Å². The summed E-state index contributed by atoms with van der Waals surface area (Å²) in [5, 5.41) is 0. The van der Waals surface area contributed by atoms with Gasteiger partial charge in [-0.05, 0) is 91.8 Å². The predicted octanol–water partition coefficient (Wildman–Crippen LogP) is 6.45. The van der Waals surface area contributed by atoms with Crippen molar-refractivity contribution in [3.05, 3.63) is 0 Å². The first-order chi connectivity index (χ1) is 10.1. The maximum Gasteiger partial charge on any atom is -0.0266 e. The Hall–Kier alpha value is 0. The third-order valence-electron chi connectivity index (χ3n) is 9.27. The van der Waals surface area contributed by atoms with E-state index in [0.717, 1.165) is 35.0 Å². The van der Waals surface area contributed by atoms with Gasteiger partial charge < -0.3 is 0 Å². The Morgan fingerprint density at radius 1 is 0.762 bits per heavy atom. The Labute approximate surface area is 132 Å². The Morgan fingerprint density at radius 3 is 2.38 bits per heavy atom. The molecule has 0 amide bonds. The molecule has 0 radical (unpaired) electrons. The van der Waals surface area contributed by atoms with Crippen LogP contribution in [0.1, 0.15) is 91.4 Å². The van der Waals surface area contributed by atoms with Crippen LogP contribution in [0.25, 0.3) is 0 Å². The summed E-state index contributed by atoms with van der Waals surface area (Å²) in [4.78, 5) is 0. The summed E-state index contributed by atoms with van der Waals surface area (Å²) in [5.41, 5.74) is 1.45. The molecule has 6 unspecified atom stereocenters. The lowest BCUT2D eigenvalue weighted by Crippen LogP contribution is -2.52. The first kappa shape index (κ1) is 14.6. The predicted molar refractivity (Wildman–Crippen MR) is 90.1 cm³/mol. The summed E-state index contributed by atoms with van der Waals surface area (Å²) < 4.78 is 0. The highest BCUT2D eigenvalue weighted by atomic mass is 14.6. The fourth-order valence-electron chi connectivity index (χ4n) is 8.07. The topological polar surface area (TPSA) is 0 Å². The van der Waals surface area contributed by atoms with Gasteiger partial charge in [-0.1, -0.05) is 40.0 Å². The summed E-state index contributed by atoms with van der Waals surface area (Å²) in [6.45, 7) is 7.84. The first-order valence-corrected chi connectivity index (χ1v) is 10.1. The number of fused-ring (bicyclic) bond motifs is 5. The van der Waals surface area contributed by atoms with E-state index in [1.165, 1.54) is 19.3 Å². The molecule has 0 heterocycles. The van der Waals surface area contributed by atoms with Gasteiger partial charge in [-0.25, -0.2) is 0 Å². The average Bonchev–Trinajstić information content (AvgIpc) is 2.83. The van der Waals surface area contributed by atoms with Crippen LogP contribution in [-0.2, 0) is 0 Å². The molecule has 0 aromatic rings. The highest BCUT2D eigenvalue weighted by Gasteiger charge is 2.59. The third kappa shape index (κ3) is 1.93. The normalized spacial score (nSPS) is 56.4. The van der Waals surface area contributed by atoms with Crippen LogP contribution in [-0.4, -0.2) is 0 Å². The van der Waals surface area contributed by atoms with Gasteiger partial charge in [0.1, 0.15) is 0 Å². The van der Waals surface area contributed by atoms with Crippen molar-refractivity contribution in [1.82, 2.24) is 0 Å². The zero-order valence-corrected chi connectivity index (χ0v) is 14.7. The maximum absolute atomic E-state index is 2.71. The van der Waals surface area contributed by atoms with Crippen LogP contribution in [0, 0.1) is 40.4 Å². The van der Waals surface area contributed by atoms with E-state index in [2.05, 4.69) is 20.8 Å². The lowest BCUT2D eigenvalue weighted by Gasteiger charge is -2.60. The SMILES string of the molecule is CCC1CCC2C3CC[C@@H]4CCCCC4(C)C3CCC12C. The van der Waals surface area contributed by atoms with E-state index >= 15 is 0 Å². The maximum atomic E-state index is 2.71. The zero-order chi connectivity index (χ0) is 14.7. The van der Waals surface area contributed by atoms with Gasteiger partial charge in [0.05, 0.1) is 0 Å². The number of hydrogen-bond donors (Lipinski definition) is 0. The van der Waals surface area contributed by atoms with E-state index in [9.17, 15) is 0 Å². The third-order valence-corrected chi connectivity index (χ3v) is 9.27. The fourth-order valence-corrected chi connectivity index (χ4v) is 8.07. The summed E-state index contributed by atoms with van der Waals surface area (Å²) in [5.74, 6) is 5.39. The van der Waals surface area contributed by atoms with Gasteiger partial charge in [0.2, 0.25) is 0 Å². The molecule has 4 saturated carbocycles. The van der Waals surface area contributed by atoms with Crippen molar-refractivity contribution < 1.29 is 0 Å². The highest BCUT2D eigenvalue weighted by molar-refractivity contribution is 5.08. The van der Waals surface area contributed by atoms with Crippen molar-refractivity contribution in [2.75, 3.05) is 0 Å². The highest BCUT2D eigenvalue weighted by Crippen LogP contribution is 2.67. The van der Waals surface area contributed by atoms with Crippen molar-refractivity contribution in [2.45, 2.75) is 91.4 Å². The van der Waals surface area contributed by atoms with E-state index in [1.54, 1.807) is 51.4 Å². The van der Waals surface area contributed by atoms with E-state index in [-0.39, 0.29) is 0 Å². The Bertz CT molecular complexity index is 399. The summed E-state index contributed by atoms with van der Waals surface area (Å²) >= 11 is 0. The smallest absolute Gasteiger partial charge is 0.0266 e. The van der Waals surface area contributed by atoms with Gasteiger partial charge in [0.25, 0.3) is 0 Å². The van der Waals surface area contributed by atoms with Crippen molar-refractivity contribution in [2.24, 2.45) is 40.4 Å². The molecule has 4 aliphatic carbocycles. The van der Waals surface area contributed by atoms with Crippen LogP contribution >= 0.6 is 0 Å². The second-order valence-electron chi connectivity index (χ2n) is 9.63. The monoisotopic (exact) mass is 288 g/mol. The van der Waals surface area contributed by atoms with Gasteiger partial charge in [-0.15, -0.1) is 0 Å². The Morgan fingerprint density at radius 2 is 1.57 bits per heavy atom. The van der Waals surface area contributed by atoms with Crippen molar-refractivity contribution in [3.63, 3.8) is 0 Å². The van der Waals surface area contributed by atoms with Crippen LogP contribution in [0.5, 0.6) is 0 Å². The summed E-state index contributed by atoms with van der Waals surface area (Å²) in [6, 6.07) is 0. The minimum Gasteiger partial charge on any atom is -0.0651 e. The fraction of sp³-hybridized carbons (Fsp3) is 1.00. The van der Waals surface area contributed by atoms with Gasteiger partial charge >= 0.3 is 0 Å². The second-order valence-corrected chi connectivity index (χ2v) is 9.63. The molecule has 0 bridgehead atoms. The molecule has 0 saturated heterocycles. The Kier molecular flexibility index (Phi) is 3.47. The molecule has 4 fully saturated rings. The molecular weight excluding hydrogens is 252 g/mol. The van der Waals surface area contributed by atoms with Crippen molar-refractivity contribution in [1.29, 1.82) is 0 Å². The average molecular weight is 289 g/mol. The molecule has 21 heavy (non-hydrogen) atoms. The van der Waals surface area contributed by atoms with Crippen LogP contribution in [0.3, 0.4) is 0 Å². The van der Waals surface area contributed by atoms with Crippen molar-refractivity contribution >= 4 is 0 Å². The molecule has 0 aromatic heterocycles. The van der Waals surface area contributed by atoms with Gasteiger partial charge in [0.15, 0.2) is 0 Å². The molecule has 7 atom stereocenters. The molecule has 0 spiro atoms. The molecule has 0 nitrogen and oxygen atoms in total. The lowest BCUT2D eigenvalue weighted by atomic mass is 9.45. The molecular formula is C21H36. The van der Waals surface area contributed by atoms with E-state index in [0.29, 0.717) is 5.41 Å². The molecule has 0 aromatic carbocycles. The van der Waals surface area contributed by atoms with Crippen LogP contribution in [0.4, 0.5) is 0 Å². The quantitative estimate of drug-likeness (QED) is 0.520. The van der Waals surface area contributed by atoms with E-state index < -0.39 is 0 Å². The first-order valence-electron chi connectivity index (χ1n) is 10.1. The van der Waals surface area contributed by atoms with Gasteiger partial charge in [-0.2, -0.15) is 0 Å². The minimum absolute atomic E-state index is 0.716. The van der Waals surface area contributed by atoms with Crippen molar-refractivity contribution in [3.8, 4) is 0 Å². The van der Waals surface area contributed by atoms with E-state index in [4.69, 9.17) is 0 Å².